The molecule has 0 aromatic rings. The maximum atomic E-state index is 12.2. The fourth-order valence-electron chi connectivity index (χ4n) is 1.46. The Bertz CT molecular complexity index is 157. The predicted octanol–water partition coefficient (Wildman–Crippen LogP) is 2.00. The Balaban J connectivity index is 4.29. The lowest BCUT2D eigenvalue weighted by molar-refractivity contribution is -0.154. The van der Waals surface area contributed by atoms with E-state index < -0.39 is 12.7 Å². The molecule has 0 aromatic heterocycles. The number of halogens is 3. The molecule has 0 fully saturated rings. The normalized spacial score (nSPS) is 15.2. The Morgan fingerprint density at radius 3 is 2.00 bits per heavy atom. The first kappa shape index (κ1) is 13.7. The molecule has 0 aromatic carbocycles. The number of nitrogens with zero attached hydrogens (tertiary/aromatic N) is 1. The fraction of sp³-hybridized carbons (Fsp3) is 1.00. The lowest BCUT2D eigenvalue weighted by atomic mass is 10.1. The Labute approximate surface area is 83.3 Å². The number of alkyl halides is 3. The smallest absolute Gasteiger partial charge is 0.330 e. The zero-order chi connectivity index (χ0) is 11.4. The zero-order valence-electron chi connectivity index (χ0n) is 8.93. The third-order valence-corrected chi connectivity index (χ3v) is 2.18. The zero-order valence-corrected chi connectivity index (χ0v) is 8.93. The van der Waals surface area contributed by atoms with Crippen LogP contribution < -0.4 is 5.73 Å². The van der Waals surface area contributed by atoms with Gasteiger partial charge < -0.3 is 5.73 Å². The summed E-state index contributed by atoms with van der Waals surface area (Å²) in [7, 11) is 0. The molecule has 0 saturated carbocycles. The first-order chi connectivity index (χ1) is 6.28. The number of hydrogen-bond acceptors (Lipinski definition) is 2. The van der Waals surface area contributed by atoms with Crippen LogP contribution in [0.5, 0.6) is 0 Å². The quantitative estimate of drug-likeness (QED) is 0.755. The monoisotopic (exact) mass is 212 g/mol. The molecule has 0 spiro atoms. The van der Waals surface area contributed by atoms with Crippen molar-refractivity contribution in [2.24, 2.45) is 5.73 Å². The maximum absolute atomic E-state index is 12.2. The summed E-state index contributed by atoms with van der Waals surface area (Å²) in [6, 6.07) is -0.236. The largest absolute Gasteiger partial charge is 0.401 e. The number of nitrogens with two attached hydrogens (primary N) is 1. The minimum absolute atomic E-state index is 0.113. The Kier molecular flexibility index (Phi) is 5.44. The van der Waals surface area contributed by atoms with E-state index in [4.69, 9.17) is 5.73 Å². The van der Waals surface area contributed by atoms with E-state index >= 15 is 0 Å². The van der Waals surface area contributed by atoms with Gasteiger partial charge in [0, 0.05) is 12.1 Å². The molecule has 0 aliphatic carbocycles. The summed E-state index contributed by atoms with van der Waals surface area (Å²) >= 11 is 0. The van der Waals surface area contributed by atoms with E-state index in [9.17, 15) is 13.2 Å². The summed E-state index contributed by atoms with van der Waals surface area (Å²) in [5.74, 6) is 0. The first-order valence-electron chi connectivity index (χ1n) is 4.80. The van der Waals surface area contributed by atoms with Gasteiger partial charge in [0.1, 0.15) is 0 Å². The second-order valence-electron chi connectivity index (χ2n) is 3.81. The van der Waals surface area contributed by atoms with Crippen LogP contribution in [0.1, 0.15) is 27.2 Å². The van der Waals surface area contributed by atoms with Crippen molar-refractivity contribution in [3.05, 3.63) is 0 Å². The average molecular weight is 212 g/mol. The molecule has 0 aliphatic heterocycles. The van der Waals surface area contributed by atoms with Crippen LogP contribution in [0, 0.1) is 0 Å². The van der Waals surface area contributed by atoms with Crippen molar-refractivity contribution in [3.63, 3.8) is 0 Å². The van der Waals surface area contributed by atoms with E-state index in [-0.39, 0.29) is 12.1 Å². The number of hydrogen-bond donors (Lipinski definition) is 1. The molecule has 0 saturated heterocycles. The van der Waals surface area contributed by atoms with Gasteiger partial charge in [0.25, 0.3) is 0 Å². The van der Waals surface area contributed by atoms with Crippen molar-refractivity contribution in [2.75, 3.05) is 13.1 Å². The van der Waals surface area contributed by atoms with E-state index in [0.717, 1.165) is 0 Å². The van der Waals surface area contributed by atoms with Gasteiger partial charge >= 0.3 is 6.18 Å². The van der Waals surface area contributed by atoms with Crippen LogP contribution in [0.25, 0.3) is 0 Å². The minimum atomic E-state index is -4.13. The molecule has 14 heavy (non-hydrogen) atoms. The SMILES string of the molecule is CC(C)N(CC(F)(F)F)C(C)CCN. The molecule has 0 aliphatic rings. The maximum Gasteiger partial charge on any atom is 0.401 e. The summed E-state index contributed by atoms with van der Waals surface area (Å²) in [4.78, 5) is 1.42. The number of rotatable bonds is 5. The van der Waals surface area contributed by atoms with Crippen LogP contribution in [-0.2, 0) is 0 Å². The minimum Gasteiger partial charge on any atom is -0.330 e. The van der Waals surface area contributed by atoms with Gasteiger partial charge in [-0.15, -0.1) is 0 Å². The second-order valence-corrected chi connectivity index (χ2v) is 3.81. The fourth-order valence-corrected chi connectivity index (χ4v) is 1.46. The van der Waals surface area contributed by atoms with Crippen LogP contribution in [0.15, 0.2) is 0 Å². The summed E-state index contributed by atoms with van der Waals surface area (Å²) in [5, 5.41) is 0. The van der Waals surface area contributed by atoms with Gasteiger partial charge in [-0.1, -0.05) is 0 Å². The van der Waals surface area contributed by atoms with E-state index in [2.05, 4.69) is 0 Å². The summed E-state index contributed by atoms with van der Waals surface area (Å²) in [6.07, 6.45) is -3.54. The molecule has 86 valence electrons. The van der Waals surface area contributed by atoms with E-state index in [1.54, 1.807) is 20.8 Å². The molecule has 2 nitrogen and oxygen atoms in total. The molecular formula is C9H19F3N2. The second kappa shape index (κ2) is 5.56. The van der Waals surface area contributed by atoms with Gasteiger partial charge in [-0.2, -0.15) is 13.2 Å². The lowest BCUT2D eigenvalue weighted by Crippen LogP contribution is -2.45. The van der Waals surface area contributed by atoms with Gasteiger partial charge in [-0.05, 0) is 33.7 Å². The first-order valence-corrected chi connectivity index (χ1v) is 4.80. The summed E-state index contributed by atoms with van der Waals surface area (Å²) < 4.78 is 36.6. The summed E-state index contributed by atoms with van der Waals surface area (Å²) in [5.41, 5.74) is 5.32. The average Bonchev–Trinajstić information content (AvgIpc) is 1.98. The van der Waals surface area contributed by atoms with Gasteiger partial charge in [0.2, 0.25) is 0 Å². The van der Waals surface area contributed by atoms with Crippen LogP contribution in [-0.4, -0.2) is 36.2 Å². The molecular weight excluding hydrogens is 193 g/mol. The van der Waals surface area contributed by atoms with E-state index in [1.807, 2.05) is 0 Å². The molecule has 2 N–H and O–H groups in total. The van der Waals surface area contributed by atoms with Crippen LogP contribution in [0.2, 0.25) is 0 Å². The van der Waals surface area contributed by atoms with Gasteiger partial charge in [0.05, 0.1) is 6.54 Å². The van der Waals surface area contributed by atoms with E-state index in [1.165, 1.54) is 4.90 Å². The highest BCUT2D eigenvalue weighted by molar-refractivity contribution is 4.74. The molecule has 0 rings (SSSR count). The Morgan fingerprint density at radius 2 is 1.71 bits per heavy atom. The van der Waals surface area contributed by atoms with Crippen molar-refractivity contribution in [1.29, 1.82) is 0 Å². The van der Waals surface area contributed by atoms with Crippen LogP contribution >= 0.6 is 0 Å². The van der Waals surface area contributed by atoms with Crippen LogP contribution in [0.4, 0.5) is 13.2 Å². The molecule has 1 unspecified atom stereocenters. The van der Waals surface area contributed by atoms with Gasteiger partial charge in [-0.3, -0.25) is 4.90 Å². The predicted molar refractivity (Wildman–Crippen MR) is 51.0 cm³/mol. The molecule has 1 atom stereocenters. The molecule has 5 heteroatoms. The Hall–Kier alpha value is -0.290. The van der Waals surface area contributed by atoms with E-state index in [0.29, 0.717) is 13.0 Å². The molecule has 0 radical (unpaired) electrons. The lowest BCUT2D eigenvalue weighted by Gasteiger charge is -2.33. The summed E-state index contributed by atoms with van der Waals surface area (Å²) in [6.45, 7) is 4.87. The van der Waals surface area contributed by atoms with Crippen molar-refractivity contribution in [2.45, 2.75) is 45.5 Å². The van der Waals surface area contributed by atoms with Crippen molar-refractivity contribution >= 4 is 0 Å². The standard InChI is InChI=1S/C9H19F3N2/c1-7(2)14(6-9(10,11)12)8(3)4-5-13/h7-8H,4-6,13H2,1-3H3. The van der Waals surface area contributed by atoms with Gasteiger partial charge in [0.15, 0.2) is 0 Å². The molecule has 0 amide bonds. The Morgan fingerprint density at radius 1 is 1.21 bits per heavy atom. The highest BCUT2D eigenvalue weighted by Gasteiger charge is 2.33. The van der Waals surface area contributed by atoms with Crippen molar-refractivity contribution in [3.8, 4) is 0 Å². The van der Waals surface area contributed by atoms with Crippen molar-refractivity contribution < 1.29 is 13.2 Å². The highest BCUT2D eigenvalue weighted by Crippen LogP contribution is 2.20. The molecule has 0 bridgehead atoms. The third kappa shape index (κ3) is 5.44. The van der Waals surface area contributed by atoms with Crippen LogP contribution in [0.3, 0.4) is 0 Å². The van der Waals surface area contributed by atoms with Crippen molar-refractivity contribution in [1.82, 2.24) is 4.90 Å². The third-order valence-electron chi connectivity index (χ3n) is 2.18. The topological polar surface area (TPSA) is 29.3 Å². The highest BCUT2D eigenvalue weighted by atomic mass is 19.4. The molecule has 0 heterocycles. The van der Waals surface area contributed by atoms with Gasteiger partial charge in [-0.25, -0.2) is 0 Å².